The number of aromatic nitrogens is 2. The molecule has 166 valence electrons. The molecule has 0 amide bonds. The Morgan fingerprint density at radius 1 is 0.938 bits per heavy atom. The van der Waals surface area contributed by atoms with Gasteiger partial charge in [-0.05, 0) is 40.2 Å². The second kappa shape index (κ2) is 9.61. The van der Waals surface area contributed by atoms with Crippen LogP contribution in [0.2, 0.25) is 0 Å². The first-order valence-corrected chi connectivity index (χ1v) is 11.4. The van der Waals surface area contributed by atoms with Crippen LogP contribution in [0.1, 0.15) is 54.7 Å². The summed E-state index contributed by atoms with van der Waals surface area (Å²) in [6, 6.07) is 17.2. The number of hydrogen-bond donors (Lipinski definition) is 1. The molecule has 0 spiro atoms. The van der Waals surface area contributed by atoms with Crippen LogP contribution in [0.25, 0.3) is 22.5 Å². The minimum atomic E-state index is -0.723. The Balaban J connectivity index is 1.69. The second-order valence-corrected chi connectivity index (χ2v) is 8.80. The van der Waals surface area contributed by atoms with Crippen molar-refractivity contribution in [3.63, 3.8) is 0 Å². The third kappa shape index (κ3) is 4.89. The number of carbonyl (C=O) groups is 1. The van der Waals surface area contributed by atoms with Gasteiger partial charge in [-0.2, -0.15) is 0 Å². The van der Waals surface area contributed by atoms with Crippen LogP contribution in [0.5, 0.6) is 0 Å². The van der Waals surface area contributed by atoms with Crippen molar-refractivity contribution in [1.82, 2.24) is 14.9 Å². The van der Waals surface area contributed by atoms with E-state index in [1.807, 2.05) is 0 Å². The van der Waals surface area contributed by atoms with Crippen molar-refractivity contribution in [1.29, 1.82) is 0 Å². The molecule has 0 bridgehead atoms. The minimum Gasteiger partial charge on any atom is -0.481 e. The predicted molar refractivity (Wildman–Crippen MR) is 128 cm³/mol. The third-order valence-corrected chi connectivity index (χ3v) is 6.31. The molecule has 0 aliphatic carbocycles. The van der Waals surface area contributed by atoms with Crippen LogP contribution in [0.4, 0.5) is 0 Å². The fourth-order valence-corrected chi connectivity index (χ4v) is 4.34. The van der Waals surface area contributed by atoms with Gasteiger partial charge in [0.1, 0.15) is 0 Å². The molecule has 1 aliphatic heterocycles. The summed E-state index contributed by atoms with van der Waals surface area (Å²) in [4.78, 5) is 23.6. The highest BCUT2D eigenvalue weighted by Gasteiger charge is 2.28. The largest absolute Gasteiger partial charge is 0.481 e. The number of benzene rings is 2. The molecular formula is C27H31N3O2. The Labute approximate surface area is 190 Å². The van der Waals surface area contributed by atoms with Gasteiger partial charge in [-0.3, -0.25) is 9.69 Å². The van der Waals surface area contributed by atoms with Crippen molar-refractivity contribution in [3.05, 3.63) is 71.0 Å². The summed E-state index contributed by atoms with van der Waals surface area (Å²) in [5.41, 5.74) is 8.59. The summed E-state index contributed by atoms with van der Waals surface area (Å²) in [6.07, 6.45) is 2.68. The smallest absolute Gasteiger partial charge is 0.303 e. The topological polar surface area (TPSA) is 66.3 Å². The van der Waals surface area contributed by atoms with E-state index in [4.69, 9.17) is 15.1 Å². The van der Waals surface area contributed by atoms with Crippen LogP contribution >= 0.6 is 0 Å². The number of aliphatic carboxylic acids is 1. The van der Waals surface area contributed by atoms with Crippen LogP contribution in [-0.4, -0.2) is 39.0 Å². The average molecular weight is 430 g/mol. The monoisotopic (exact) mass is 429 g/mol. The zero-order chi connectivity index (χ0) is 22.7. The number of aryl methyl sites for hydroxylation is 2. The Kier molecular flexibility index (Phi) is 6.66. The normalized spacial score (nSPS) is 16.0. The molecule has 1 N–H and O–H groups in total. The standard InChI is InChI=1S/C27H31N3O2/c1-18-7-11-21(12-8-18)26-27(22-13-9-19(2)10-14-22)29-25-20(3)30(17-15-23(25)28-26)16-5-4-6-24(31)32/h7-14,20H,4-6,15-17H2,1-3H3,(H,31,32). The van der Waals surface area contributed by atoms with Crippen molar-refractivity contribution in [2.75, 3.05) is 13.1 Å². The first kappa shape index (κ1) is 22.2. The Bertz CT molecular complexity index is 1090. The quantitative estimate of drug-likeness (QED) is 0.495. The molecule has 5 heteroatoms. The summed E-state index contributed by atoms with van der Waals surface area (Å²) in [5.74, 6) is -0.723. The lowest BCUT2D eigenvalue weighted by Gasteiger charge is -2.34. The lowest BCUT2D eigenvalue weighted by molar-refractivity contribution is -0.137. The van der Waals surface area contributed by atoms with E-state index in [9.17, 15) is 4.79 Å². The third-order valence-electron chi connectivity index (χ3n) is 6.31. The number of unbranched alkanes of at least 4 members (excludes halogenated alkanes) is 1. The molecule has 2 aromatic carbocycles. The summed E-state index contributed by atoms with van der Waals surface area (Å²) < 4.78 is 0. The molecule has 32 heavy (non-hydrogen) atoms. The van der Waals surface area contributed by atoms with Gasteiger partial charge in [0.05, 0.1) is 28.8 Å². The fraction of sp³-hybridized carbons (Fsp3) is 0.370. The molecule has 4 rings (SSSR count). The zero-order valence-electron chi connectivity index (χ0n) is 19.1. The molecule has 2 heterocycles. The first-order valence-electron chi connectivity index (χ1n) is 11.4. The van der Waals surface area contributed by atoms with Gasteiger partial charge in [0.2, 0.25) is 0 Å². The molecular weight excluding hydrogens is 398 g/mol. The van der Waals surface area contributed by atoms with Crippen LogP contribution < -0.4 is 0 Å². The highest BCUT2D eigenvalue weighted by molar-refractivity contribution is 5.78. The Morgan fingerprint density at radius 2 is 1.50 bits per heavy atom. The average Bonchev–Trinajstić information content (AvgIpc) is 2.78. The maximum atomic E-state index is 10.8. The number of fused-ring (bicyclic) bond motifs is 1. The minimum absolute atomic E-state index is 0.160. The Hall–Kier alpha value is -3.05. The van der Waals surface area contributed by atoms with Gasteiger partial charge in [-0.15, -0.1) is 0 Å². The summed E-state index contributed by atoms with van der Waals surface area (Å²) in [5, 5.41) is 8.89. The zero-order valence-corrected chi connectivity index (χ0v) is 19.1. The lowest BCUT2D eigenvalue weighted by atomic mass is 9.98. The molecule has 3 aromatic rings. The van der Waals surface area contributed by atoms with E-state index in [2.05, 4.69) is 74.2 Å². The van der Waals surface area contributed by atoms with Gasteiger partial charge >= 0.3 is 5.97 Å². The predicted octanol–water partition coefficient (Wildman–Crippen LogP) is 5.60. The van der Waals surface area contributed by atoms with Crippen molar-refractivity contribution in [2.24, 2.45) is 0 Å². The molecule has 1 atom stereocenters. The number of hydrogen-bond acceptors (Lipinski definition) is 4. The maximum absolute atomic E-state index is 10.8. The molecule has 0 saturated carbocycles. The highest BCUT2D eigenvalue weighted by Crippen LogP contribution is 2.35. The molecule has 5 nitrogen and oxygen atoms in total. The van der Waals surface area contributed by atoms with E-state index in [0.717, 1.165) is 59.8 Å². The first-order chi connectivity index (χ1) is 15.4. The molecule has 1 aliphatic rings. The molecule has 0 saturated heterocycles. The van der Waals surface area contributed by atoms with Crippen molar-refractivity contribution < 1.29 is 9.90 Å². The van der Waals surface area contributed by atoms with Crippen LogP contribution in [-0.2, 0) is 11.2 Å². The van der Waals surface area contributed by atoms with E-state index in [1.54, 1.807) is 0 Å². The van der Waals surface area contributed by atoms with Gasteiger partial charge in [-0.25, -0.2) is 9.97 Å². The van der Waals surface area contributed by atoms with E-state index < -0.39 is 5.97 Å². The van der Waals surface area contributed by atoms with Gasteiger partial charge in [0, 0.05) is 30.5 Å². The number of rotatable bonds is 7. The van der Waals surface area contributed by atoms with Gasteiger partial charge < -0.3 is 5.11 Å². The number of carboxylic acids is 1. The summed E-state index contributed by atoms with van der Waals surface area (Å²) >= 11 is 0. The molecule has 1 unspecified atom stereocenters. The molecule has 0 fully saturated rings. The van der Waals surface area contributed by atoms with E-state index in [0.29, 0.717) is 6.42 Å². The SMILES string of the molecule is Cc1ccc(-c2nc3c(nc2-c2ccc(C)cc2)C(C)N(CCCCC(=O)O)CC3)cc1. The lowest BCUT2D eigenvalue weighted by Crippen LogP contribution is -2.36. The number of carboxylic acid groups (broad SMARTS) is 1. The van der Waals surface area contributed by atoms with Crippen LogP contribution in [0.3, 0.4) is 0 Å². The van der Waals surface area contributed by atoms with Gasteiger partial charge in [0.15, 0.2) is 0 Å². The van der Waals surface area contributed by atoms with Crippen molar-refractivity contribution in [2.45, 2.75) is 52.5 Å². The maximum Gasteiger partial charge on any atom is 0.303 e. The Morgan fingerprint density at radius 3 is 2.06 bits per heavy atom. The van der Waals surface area contributed by atoms with E-state index >= 15 is 0 Å². The summed E-state index contributed by atoms with van der Waals surface area (Å²) in [7, 11) is 0. The fourth-order valence-electron chi connectivity index (χ4n) is 4.34. The molecule has 0 radical (unpaired) electrons. The molecule has 1 aromatic heterocycles. The number of nitrogens with zero attached hydrogens (tertiary/aromatic N) is 3. The van der Waals surface area contributed by atoms with Crippen molar-refractivity contribution >= 4 is 5.97 Å². The summed E-state index contributed by atoms with van der Waals surface area (Å²) in [6.45, 7) is 8.18. The van der Waals surface area contributed by atoms with E-state index in [-0.39, 0.29) is 12.5 Å². The van der Waals surface area contributed by atoms with E-state index in [1.165, 1.54) is 11.1 Å². The highest BCUT2D eigenvalue weighted by atomic mass is 16.4. The second-order valence-electron chi connectivity index (χ2n) is 8.80. The van der Waals surface area contributed by atoms with Gasteiger partial charge in [-0.1, -0.05) is 59.7 Å². The van der Waals surface area contributed by atoms with Crippen molar-refractivity contribution in [3.8, 4) is 22.5 Å². The van der Waals surface area contributed by atoms with Crippen LogP contribution in [0.15, 0.2) is 48.5 Å². The van der Waals surface area contributed by atoms with Gasteiger partial charge in [0.25, 0.3) is 0 Å². The van der Waals surface area contributed by atoms with Crippen LogP contribution in [0, 0.1) is 13.8 Å².